The van der Waals surface area contributed by atoms with E-state index >= 15 is 0 Å². The molecule has 0 aliphatic carbocycles. The van der Waals surface area contributed by atoms with Crippen LogP contribution in [-0.2, 0) is 4.74 Å². The molecule has 2 aliphatic heterocycles. The number of rotatable bonds is 3. The van der Waals surface area contributed by atoms with Crippen molar-refractivity contribution in [1.82, 2.24) is 5.32 Å². The van der Waals surface area contributed by atoms with Crippen LogP contribution >= 0.6 is 11.8 Å². The van der Waals surface area contributed by atoms with Crippen LogP contribution < -0.4 is 5.32 Å². The zero-order valence-corrected chi connectivity index (χ0v) is 11.8. The molecule has 2 rings (SSSR count). The predicted octanol–water partition coefficient (Wildman–Crippen LogP) is 1.65. The van der Waals surface area contributed by atoms with Crippen LogP contribution in [0.15, 0.2) is 0 Å². The van der Waals surface area contributed by atoms with Gasteiger partial charge in [0.25, 0.3) is 0 Å². The first-order valence-electron chi connectivity index (χ1n) is 6.63. The average Bonchev–Trinajstić information content (AvgIpc) is 2.28. The lowest BCUT2D eigenvalue weighted by Gasteiger charge is -2.41. The molecule has 0 bridgehead atoms. The molecule has 2 fully saturated rings. The predicted molar refractivity (Wildman–Crippen MR) is 72.5 cm³/mol. The Labute approximate surface area is 109 Å². The molecule has 1 atom stereocenters. The molecular weight excluding hydrogens is 234 g/mol. The van der Waals surface area contributed by atoms with Crippen LogP contribution in [0.5, 0.6) is 0 Å². The van der Waals surface area contributed by atoms with Gasteiger partial charge in [-0.3, -0.25) is 0 Å². The van der Waals surface area contributed by atoms with Gasteiger partial charge in [-0.05, 0) is 17.6 Å². The minimum Gasteiger partial charge on any atom is -0.388 e. The Hall–Kier alpha value is 0.230. The molecule has 17 heavy (non-hydrogen) atoms. The van der Waals surface area contributed by atoms with Crippen molar-refractivity contribution >= 4 is 11.8 Å². The number of thioether (sulfide) groups is 1. The molecule has 100 valence electrons. The SMILES string of the molecule is CC1(C)CCSCC1NCC1(O)CCOCC1. The van der Waals surface area contributed by atoms with Crippen LogP contribution in [0.1, 0.15) is 33.1 Å². The minimum atomic E-state index is -0.545. The van der Waals surface area contributed by atoms with Gasteiger partial charge in [-0.1, -0.05) is 13.8 Å². The maximum atomic E-state index is 10.4. The summed E-state index contributed by atoms with van der Waals surface area (Å²) < 4.78 is 5.31. The van der Waals surface area contributed by atoms with Gasteiger partial charge in [-0.2, -0.15) is 11.8 Å². The van der Waals surface area contributed by atoms with Gasteiger partial charge in [-0.15, -0.1) is 0 Å². The van der Waals surface area contributed by atoms with Crippen molar-refractivity contribution < 1.29 is 9.84 Å². The van der Waals surface area contributed by atoms with Gasteiger partial charge in [0.05, 0.1) is 5.60 Å². The zero-order chi connectivity index (χ0) is 12.4. The Morgan fingerprint density at radius 1 is 1.29 bits per heavy atom. The van der Waals surface area contributed by atoms with Gasteiger partial charge in [0.15, 0.2) is 0 Å². The van der Waals surface area contributed by atoms with Gasteiger partial charge < -0.3 is 15.2 Å². The Kier molecular flexibility index (Phi) is 4.40. The van der Waals surface area contributed by atoms with E-state index in [4.69, 9.17) is 4.74 Å². The summed E-state index contributed by atoms with van der Waals surface area (Å²) in [6, 6.07) is 0.521. The molecule has 0 aromatic rings. The molecule has 2 N–H and O–H groups in total. The van der Waals surface area contributed by atoms with E-state index in [9.17, 15) is 5.11 Å². The fourth-order valence-corrected chi connectivity index (χ4v) is 4.15. The van der Waals surface area contributed by atoms with Crippen molar-refractivity contribution in [2.45, 2.75) is 44.8 Å². The maximum Gasteiger partial charge on any atom is 0.0815 e. The monoisotopic (exact) mass is 259 g/mol. The number of ether oxygens (including phenoxy) is 1. The standard InChI is InChI=1S/C13H25NO2S/c1-12(2)5-8-17-9-11(12)14-10-13(15)3-6-16-7-4-13/h11,14-15H,3-10H2,1-2H3. The smallest absolute Gasteiger partial charge is 0.0815 e. The molecule has 0 spiro atoms. The van der Waals surface area contributed by atoms with Gasteiger partial charge in [0.1, 0.15) is 0 Å². The summed E-state index contributed by atoms with van der Waals surface area (Å²) in [6.07, 6.45) is 2.79. The molecule has 2 aliphatic rings. The first kappa shape index (κ1) is 13.7. The first-order valence-corrected chi connectivity index (χ1v) is 7.79. The van der Waals surface area contributed by atoms with Crippen LogP contribution in [0.2, 0.25) is 0 Å². The van der Waals surface area contributed by atoms with Crippen LogP contribution in [0.25, 0.3) is 0 Å². The Bertz CT molecular complexity index is 252. The summed E-state index contributed by atoms with van der Waals surface area (Å²) in [5.41, 5.74) is -0.191. The summed E-state index contributed by atoms with van der Waals surface area (Å²) in [4.78, 5) is 0. The van der Waals surface area contributed by atoms with Crippen molar-refractivity contribution in [2.24, 2.45) is 5.41 Å². The van der Waals surface area contributed by atoms with Crippen LogP contribution in [0.3, 0.4) is 0 Å². The number of hydrogen-bond acceptors (Lipinski definition) is 4. The molecule has 2 saturated heterocycles. The van der Waals surface area contributed by atoms with Crippen molar-refractivity contribution in [1.29, 1.82) is 0 Å². The van der Waals surface area contributed by atoms with Gasteiger partial charge >= 0.3 is 0 Å². The van der Waals surface area contributed by atoms with E-state index in [2.05, 4.69) is 19.2 Å². The van der Waals surface area contributed by atoms with E-state index in [-0.39, 0.29) is 0 Å². The van der Waals surface area contributed by atoms with Crippen molar-refractivity contribution in [3.05, 3.63) is 0 Å². The highest BCUT2D eigenvalue weighted by Crippen LogP contribution is 2.34. The van der Waals surface area contributed by atoms with E-state index in [0.29, 0.717) is 31.2 Å². The van der Waals surface area contributed by atoms with E-state index in [1.165, 1.54) is 17.9 Å². The lowest BCUT2D eigenvalue weighted by atomic mass is 9.81. The molecule has 0 amide bonds. The molecule has 1 unspecified atom stereocenters. The maximum absolute atomic E-state index is 10.4. The Morgan fingerprint density at radius 3 is 2.65 bits per heavy atom. The molecule has 4 heteroatoms. The van der Waals surface area contributed by atoms with Crippen LogP contribution in [0.4, 0.5) is 0 Å². The van der Waals surface area contributed by atoms with Gasteiger partial charge in [-0.25, -0.2) is 0 Å². The fourth-order valence-electron chi connectivity index (χ4n) is 2.51. The second-order valence-corrected chi connectivity index (χ2v) is 7.23. The highest BCUT2D eigenvalue weighted by atomic mass is 32.2. The van der Waals surface area contributed by atoms with E-state index in [1.54, 1.807) is 0 Å². The number of nitrogens with one attached hydrogen (secondary N) is 1. The zero-order valence-electron chi connectivity index (χ0n) is 11.0. The average molecular weight is 259 g/mol. The summed E-state index contributed by atoms with van der Waals surface area (Å²) >= 11 is 2.02. The quantitative estimate of drug-likeness (QED) is 0.809. The Morgan fingerprint density at radius 2 is 2.00 bits per heavy atom. The topological polar surface area (TPSA) is 41.5 Å². The van der Waals surface area contributed by atoms with E-state index in [0.717, 1.165) is 12.8 Å². The first-order chi connectivity index (χ1) is 8.02. The van der Waals surface area contributed by atoms with E-state index in [1.807, 2.05) is 11.8 Å². The summed E-state index contributed by atoms with van der Waals surface area (Å²) in [5, 5.41) is 14.0. The van der Waals surface area contributed by atoms with Gasteiger partial charge in [0, 0.05) is 44.4 Å². The summed E-state index contributed by atoms with van der Waals surface area (Å²) in [7, 11) is 0. The molecular formula is C13H25NO2S. The molecule has 0 saturated carbocycles. The largest absolute Gasteiger partial charge is 0.388 e. The third-order valence-corrected chi connectivity index (χ3v) is 5.28. The molecule has 0 radical (unpaired) electrons. The lowest BCUT2D eigenvalue weighted by Crippen LogP contribution is -2.53. The van der Waals surface area contributed by atoms with Crippen molar-refractivity contribution in [3.63, 3.8) is 0 Å². The number of aliphatic hydroxyl groups is 1. The highest BCUT2D eigenvalue weighted by molar-refractivity contribution is 7.99. The van der Waals surface area contributed by atoms with E-state index < -0.39 is 5.60 Å². The molecule has 2 heterocycles. The molecule has 0 aromatic heterocycles. The van der Waals surface area contributed by atoms with Crippen LogP contribution in [0, 0.1) is 5.41 Å². The van der Waals surface area contributed by atoms with Crippen LogP contribution in [-0.4, -0.2) is 48.0 Å². The Balaban J connectivity index is 1.84. The second-order valence-electron chi connectivity index (χ2n) is 6.08. The van der Waals surface area contributed by atoms with Crippen molar-refractivity contribution in [3.8, 4) is 0 Å². The molecule has 0 aromatic carbocycles. The number of hydrogen-bond donors (Lipinski definition) is 2. The fraction of sp³-hybridized carbons (Fsp3) is 1.00. The lowest BCUT2D eigenvalue weighted by molar-refractivity contribution is -0.0640. The molecule has 3 nitrogen and oxygen atoms in total. The minimum absolute atomic E-state index is 0.354. The summed E-state index contributed by atoms with van der Waals surface area (Å²) in [6.45, 7) is 6.77. The normalized spacial score (nSPS) is 32.3. The van der Waals surface area contributed by atoms with Gasteiger partial charge in [0.2, 0.25) is 0 Å². The third-order valence-electron chi connectivity index (χ3n) is 4.22. The van der Waals surface area contributed by atoms with Crippen molar-refractivity contribution in [2.75, 3.05) is 31.3 Å². The highest BCUT2D eigenvalue weighted by Gasteiger charge is 2.35. The second kappa shape index (κ2) is 5.47. The summed E-state index contributed by atoms with van der Waals surface area (Å²) in [5.74, 6) is 2.43. The third kappa shape index (κ3) is 3.60.